The number of benzene rings is 2. The molecule has 3 aromatic rings. The number of fused-ring (bicyclic) bond motifs is 2. The SMILES string of the molecule is CCOc1ccc2[nH]c(=O)c(CN(Cc3ccc4c(c3)OCO4)C(=S)NCCCN(C)C)cc2c1. The van der Waals surface area contributed by atoms with Crippen molar-refractivity contribution in [3.8, 4) is 17.2 Å². The number of H-pyrrole nitrogens is 1. The van der Waals surface area contributed by atoms with E-state index in [0.29, 0.717) is 30.4 Å². The molecule has 35 heavy (non-hydrogen) atoms. The third-order valence-electron chi connectivity index (χ3n) is 5.72. The second kappa shape index (κ2) is 11.4. The maximum Gasteiger partial charge on any atom is 0.253 e. The maximum atomic E-state index is 12.9. The summed E-state index contributed by atoms with van der Waals surface area (Å²) in [6.07, 6.45) is 0.960. The van der Waals surface area contributed by atoms with Gasteiger partial charge in [-0.2, -0.15) is 0 Å². The number of nitrogens with zero attached hydrogens (tertiary/aromatic N) is 2. The van der Waals surface area contributed by atoms with Crippen LogP contribution in [0.5, 0.6) is 17.2 Å². The molecule has 0 saturated heterocycles. The summed E-state index contributed by atoms with van der Waals surface area (Å²) in [4.78, 5) is 20.1. The summed E-state index contributed by atoms with van der Waals surface area (Å²) < 4.78 is 16.6. The number of hydrogen-bond acceptors (Lipinski definition) is 6. The Hall–Kier alpha value is -3.30. The Kier molecular flexibility index (Phi) is 8.09. The van der Waals surface area contributed by atoms with Crippen LogP contribution in [-0.4, -0.2) is 60.5 Å². The zero-order chi connectivity index (χ0) is 24.8. The molecular formula is C26H32N4O4S. The van der Waals surface area contributed by atoms with E-state index in [1.165, 1.54) is 0 Å². The molecule has 1 aromatic heterocycles. The first kappa shape index (κ1) is 24.8. The molecule has 0 bridgehead atoms. The second-order valence-electron chi connectivity index (χ2n) is 8.74. The van der Waals surface area contributed by atoms with E-state index in [0.717, 1.165) is 53.2 Å². The largest absolute Gasteiger partial charge is 0.494 e. The van der Waals surface area contributed by atoms with E-state index in [-0.39, 0.29) is 12.4 Å². The van der Waals surface area contributed by atoms with Crippen LogP contribution in [0, 0.1) is 0 Å². The van der Waals surface area contributed by atoms with E-state index < -0.39 is 0 Å². The number of rotatable bonds is 10. The van der Waals surface area contributed by atoms with Gasteiger partial charge in [0.2, 0.25) is 6.79 Å². The van der Waals surface area contributed by atoms with Crippen LogP contribution in [-0.2, 0) is 13.1 Å². The summed E-state index contributed by atoms with van der Waals surface area (Å²) in [7, 11) is 4.10. The summed E-state index contributed by atoms with van der Waals surface area (Å²) in [6, 6.07) is 13.4. The summed E-state index contributed by atoms with van der Waals surface area (Å²) >= 11 is 5.76. The number of aromatic nitrogens is 1. The van der Waals surface area contributed by atoms with Crippen molar-refractivity contribution < 1.29 is 14.2 Å². The topological polar surface area (TPSA) is 79.1 Å². The van der Waals surface area contributed by atoms with Crippen LogP contribution in [0.4, 0.5) is 0 Å². The number of nitrogens with one attached hydrogen (secondary N) is 2. The van der Waals surface area contributed by atoms with E-state index >= 15 is 0 Å². The zero-order valence-electron chi connectivity index (χ0n) is 20.4. The van der Waals surface area contributed by atoms with Gasteiger partial charge in [0.15, 0.2) is 16.6 Å². The second-order valence-corrected chi connectivity index (χ2v) is 9.12. The van der Waals surface area contributed by atoms with Gasteiger partial charge in [0.1, 0.15) is 5.75 Å². The molecule has 0 spiro atoms. The lowest BCUT2D eigenvalue weighted by Gasteiger charge is -2.26. The number of thiocarbonyl (C=S) groups is 1. The molecule has 8 nitrogen and oxygen atoms in total. The summed E-state index contributed by atoms with van der Waals surface area (Å²) in [5.41, 5.74) is 2.29. The number of aromatic amines is 1. The Morgan fingerprint density at radius 1 is 1.11 bits per heavy atom. The van der Waals surface area contributed by atoms with Crippen LogP contribution in [0.1, 0.15) is 24.5 Å². The van der Waals surface area contributed by atoms with Gasteiger partial charge >= 0.3 is 0 Å². The molecule has 2 aromatic carbocycles. The average molecular weight is 497 g/mol. The highest BCUT2D eigenvalue weighted by molar-refractivity contribution is 7.80. The minimum Gasteiger partial charge on any atom is -0.494 e. The highest BCUT2D eigenvalue weighted by Crippen LogP contribution is 2.33. The Bertz CT molecular complexity index is 1240. The number of ether oxygens (including phenoxy) is 3. The quantitative estimate of drug-likeness (QED) is 0.326. The van der Waals surface area contributed by atoms with E-state index in [1.807, 2.05) is 68.4 Å². The van der Waals surface area contributed by atoms with Crippen LogP contribution < -0.4 is 25.1 Å². The van der Waals surface area contributed by atoms with E-state index in [4.69, 9.17) is 26.4 Å². The van der Waals surface area contributed by atoms with Crippen LogP contribution in [0.25, 0.3) is 10.9 Å². The van der Waals surface area contributed by atoms with Gasteiger partial charge in [-0.1, -0.05) is 6.07 Å². The van der Waals surface area contributed by atoms with E-state index in [1.54, 1.807) is 0 Å². The van der Waals surface area contributed by atoms with Crippen molar-refractivity contribution in [2.24, 2.45) is 0 Å². The van der Waals surface area contributed by atoms with E-state index in [2.05, 4.69) is 15.2 Å². The Balaban J connectivity index is 1.57. The smallest absolute Gasteiger partial charge is 0.253 e. The predicted molar refractivity (Wildman–Crippen MR) is 141 cm³/mol. The first-order chi connectivity index (χ1) is 16.9. The van der Waals surface area contributed by atoms with Crippen LogP contribution in [0.2, 0.25) is 0 Å². The van der Waals surface area contributed by atoms with Gasteiger partial charge in [-0.05, 0) is 88.2 Å². The molecule has 2 heterocycles. The number of pyridine rings is 1. The van der Waals surface area contributed by atoms with Gasteiger partial charge in [-0.15, -0.1) is 0 Å². The lowest BCUT2D eigenvalue weighted by molar-refractivity contribution is 0.174. The van der Waals surface area contributed by atoms with Crippen LogP contribution >= 0.6 is 12.2 Å². The third kappa shape index (κ3) is 6.43. The standard InChI is InChI=1S/C26H32N4O4S/c1-4-32-21-7-8-22-19(14-21)13-20(25(31)28-22)16-30(26(35)27-10-5-11-29(2)3)15-18-6-9-23-24(12-18)34-17-33-23/h6-9,12-14H,4-5,10-11,15-17H2,1-3H3,(H,27,35)(H,28,31). The Morgan fingerprint density at radius 2 is 1.94 bits per heavy atom. The molecule has 4 rings (SSSR count). The van der Waals surface area contributed by atoms with Gasteiger partial charge in [-0.3, -0.25) is 4.79 Å². The predicted octanol–water partition coefficient (Wildman–Crippen LogP) is 3.48. The van der Waals surface area contributed by atoms with Gasteiger partial charge in [0.05, 0.1) is 13.2 Å². The molecule has 0 saturated carbocycles. The number of hydrogen-bond donors (Lipinski definition) is 2. The molecule has 0 radical (unpaired) electrons. The van der Waals surface area contributed by atoms with E-state index in [9.17, 15) is 4.79 Å². The first-order valence-electron chi connectivity index (χ1n) is 11.8. The monoisotopic (exact) mass is 496 g/mol. The molecule has 0 amide bonds. The molecule has 0 atom stereocenters. The lowest BCUT2D eigenvalue weighted by Crippen LogP contribution is -2.40. The molecule has 0 fully saturated rings. The van der Waals surface area contributed by atoms with Gasteiger partial charge in [0, 0.05) is 29.6 Å². The fourth-order valence-electron chi connectivity index (χ4n) is 3.97. The molecule has 0 aliphatic carbocycles. The van der Waals surface area contributed by atoms with Crippen LogP contribution in [0.3, 0.4) is 0 Å². The molecule has 2 N–H and O–H groups in total. The lowest BCUT2D eigenvalue weighted by atomic mass is 10.1. The van der Waals surface area contributed by atoms with Gasteiger partial charge < -0.3 is 34.3 Å². The summed E-state index contributed by atoms with van der Waals surface area (Å²) in [5.74, 6) is 2.23. The van der Waals surface area contributed by atoms with Crippen molar-refractivity contribution in [2.45, 2.75) is 26.4 Å². The minimum absolute atomic E-state index is 0.132. The molecule has 0 unspecified atom stereocenters. The fraction of sp³-hybridized carbons (Fsp3) is 0.385. The van der Waals surface area contributed by atoms with Gasteiger partial charge in [-0.25, -0.2) is 0 Å². The average Bonchev–Trinajstić information content (AvgIpc) is 3.30. The Morgan fingerprint density at radius 3 is 2.74 bits per heavy atom. The molecule has 1 aliphatic rings. The molecule has 9 heteroatoms. The molecular weight excluding hydrogens is 464 g/mol. The zero-order valence-corrected chi connectivity index (χ0v) is 21.2. The molecule has 186 valence electrons. The van der Waals surface area contributed by atoms with Crippen molar-refractivity contribution in [2.75, 3.05) is 40.6 Å². The summed E-state index contributed by atoms with van der Waals surface area (Å²) in [5, 5.41) is 4.87. The van der Waals surface area contributed by atoms with Crippen molar-refractivity contribution in [1.82, 2.24) is 20.1 Å². The summed E-state index contributed by atoms with van der Waals surface area (Å²) in [6.45, 7) is 5.35. The van der Waals surface area contributed by atoms with Crippen molar-refractivity contribution in [3.05, 3.63) is 63.9 Å². The van der Waals surface area contributed by atoms with Crippen molar-refractivity contribution in [3.63, 3.8) is 0 Å². The highest BCUT2D eigenvalue weighted by Gasteiger charge is 2.18. The fourth-order valence-corrected chi connectivity index (χ4v) is 4.20. The first-order valence-corrected chi connectivity index (χ1v) is 12.2. The Labute approximate surface area is 210 Å². The molecule has 1 aliphatic heterocycles. The normalized spacial score (nSPS) is 12.2. The van der Waals surface area contributed by atoms with Crippen molar-refractivity contribution in [1.29, 1.82) is 0 Å². The van der Waals surface area contributed by atoms with Crippen molar-refractivity contribution >= 4 is 28.2 Å². The van der Waals surface area contributed by atoms with Crippen LogP contribution in [0.15, 0.2) is 47.3 Å². The maximum absolute atomic E-state index is 12.9. The van der Waals surface area contributed by atoms with Gasteiger partial charge in [0.25, 0.3) is 5.56 Å². The minimum atomic E-state index is -0.132. The highest BCUT2D eigenvalue weighted by atomic mass is 32.1. The third-order valence-corrected chi connectivity index (χ3v) is 6.12.